The van der Waals surface area contributed by atoms with Crippen molar-refractivity contribution in [2.75, 3.05) is 6.61 Å². The van der Waals surface area contributed by atoms with Crippen molar-refractivity contribution in [1.82, 2.24) is 10.6 Å². The molecule has 0 saturated carbocycles. The Hall–Kier alpha value is -2.04. The van der Waals surface area contributed by atoms with E-state index in [-0.39, 0.29) is 5.91 Å². The fourth-order valence-electron chi connectivity index (χ4n) is 2.04. The molecule has 108 valence electrons. The number of nitrogens with one attached hydrogen (secondary N) is 2. The lowest BCUT2D eigenvalue weighted by molar-refractivity contribution is -0.123. The molecule has 2 N–H and O–H groups in total. The number of benzene rings is 1. The summed E-state index contributed by atoms with van der Waals surface area (Å²) < 4.78 is 5.63. The maximum atomic E-state index is 11.8. The summed E-state index contributed by atoms with van der Waals surface area (Å²) in [6.07, 6.45) is 0.998. The van der Waals surface area contributed by atoms with Gasteiger partial charge in [-0.1, -0.05) is 26.0 Å². The number of ether oxygens (including phenoxy) is 1. The third-order valence-corrected chi connectivity index (χ3v) is 3.44. The highest BCUT2D eigenvalue weighted by Gasteiger charge is 2.43. The second kappa shape index (κ2) is 5.53. The molecule has 2 rings (SSSR count). The van der Waals surface area contributed by atoms with Crippen LogP contribution in [0, 0.1) is 5.92 Å². The van der Waals surface area contributed by atoms with Crippen molar-refractivity contribution >= 4 is 11.9 Å². The number of hydrogen-bond acceptors (Lipinski definition) is 3. The largest absolute Gasteiger partial charge is 0.494 e. The van der Waals surface area contributed by atoms with Crippen molar-refractivity contribution in [1.29, 1.82) is 0 Å². The van der Waals surface area contributed by atoms with E-state index in [1.54, 1.807) is 19.1 Å². The normalized spacial score (nSPS) is 21.8. The van der Waals surface area contributed by atoms with Crippen LogP contribution in [0.2, 0.25) is 0 Å². The van der Waals surface area contributed by atoms with Gasteiger partial charge in [-0.15, -0.1) is 0 Å². The van der Waals surface area contributed by atoms with Crippen LogP contribution in [0.15, 0.2) is 24.3 Å². The summed E-state index contributed by atoms with van der Waals surface area (Å²) in [4.78, 5) is 23.1. The topological polar surface area (TPSA) is 67.4 Å². The average molecular weight is 276 g/mol. The van der Waals surface area contributed by atoms with Crippen molar-refractivity contribution < 1.29 is 14.3 Å². The third kappa shape index (κ3) is 2.92. The Balaban J connectivity index is 2.05. The van der Waals surface area contributed by atoms with Crippen molar-refractivity contribution in [3.8, 4) is 5.75 Å². The predicted octanol–water partition coefficient (Wildman–Crippen LogP) is 2.17. The molecule has 3 amide bonds. The molecule has 1 heterocycles. The maximum Gasteiger partial charge on any atom is 0.322 e. The first-order valence-corrected chi connectivity index (χ1v) is 6.79. The van der Waals surface area contributed by atoms with Crippen molar-refractivity contribution in [3.63, 3.8) is 0 Å². The molecule has 1 aromatic rings. The van der Waals surface area contributed by atoms with Crippen molar-refractivity contribution in [2.24, 2.45) is 5.92 Å². The first-order valence-electron chi connectivity index (χ1n) is 6.79. The molecule has 0 bridgehead atoms. The Morgan fingerprint density at radius 2 is 1.85 bits per heavy atom. The number of amides is 3. The highest BCUT2D eigenvalue weighted by Crippen LogP contribution is 2.26. The van der Waals surface area contributed by atoms with E-state index < -0.39 is 11.6 Å². The van der Waals surface area contributed by atoms with Crippen LogP contribution in [0.1, 0.15) is 32.8 Å². The van der Waals surface area contributed by atoms with Gasteiger partial charge in [0, 0.05) is 0 Å². The number of rotatable bonds is 5. The van der Waals surface area contributed by atoms with Gasteiger partial charge in [-0.3, -0.25) is 10.1 Å². The van der Waals surface area contributed by atoms with E-state index in [2.05, 4.69) is 24.5 Å². The maximum absolute atomic E-state index is 11.8. The van der Waals surface area contributed by atoms with Crippen LogP contribution >= 0.6 is 0 Å². The molecular formula is C15H20N2O3. The van der Waals surface area contributed by atoms with Crippen LogP contribution in [-0.2, 0) is 10.3 Å². The minimum atomic E-state index is -1.01. The second-order valence-corrected chi connectivity index (χ2v) is 5.59. The molecule has 1 saturated heterocycles. The Bertz CT molecular complexity index is 510. The third-order valence-electron chi connectivity index (χ3n) is 3.44. The number of imide groups is 1. The highest BCUT2D eigenvalue weighted by atomic mass is 16.5. The molecule has 0 aromatic heterocycles. The fraction of sp³-hybridized carbons (Fsp3) is 0.467. The van der Waals surface area contributed by atoms with Crippen molar-refractivity contribution in [2.45, 2.75) is 32.7 Å². The molecule has 1 aliphatic heterocycles. The highest BCUT2D eigenvalue weighted by molar-refractivity contribution is 6.07. The summed E-state index contributed by atoms with van der Waals surface area (Å²) in [5, 5.41) is 4.88. The van der Waals surface area contributed by atoms with Gasteiger partial charge < -0.3 is 10.1 Å². The Labute approximate surface area is 118 Å². The lowest BCUT2D eigenvalue weighted by Gasteiger charge is -2.21. The summed E-state index contributed by atoms with van der Waals surface area (Å²) in [5.74, 6) is 1.03. The molecule has 1 fully saturated rings. The zero-order valence-electron chi connectivity index (χ0n) is 12.0. The first kappa shape index (κ1) is 14.4. The standard InChI is InChI=1S/C15H20N2O3/c1-10(2)8-9-20-12-6-4-11(5-7-12)15(3)13(18)16-14(19)17-15/h4-7,10H,8-9H2,1-3H3,(H2,16,17,18,19)/t15-/m0/s1. The Morgan fingerprint density at radius 3 is 2.35 bits per heavy atom. The van der Waals surface area contributed by atoms with Crippen molar-refractivity contribution in [3.05, 3.63) is 29.8 Å². The number of urea groups is 1. The van der Waals surface area contributed by atoms with Crippen LogP contribution in [0.5, 0.6) is 5.75 Å². The monoisotopic (exact) mass is 276 g/mol. The zero-order chi connectivity index (χ0) is 14.8. The number of carbonyl (C=O) groups is 2. The summed E-state index contributed by atoms with van der Waals surface area (Å²) >= 11 is 0. The summed E-state index contributed by atoms with van der Waals surface area (Å²) in [5.41, 5.74) is -0.273. The van der Waals surface area contributed by atoms with Crippen LogP contribution in [0.25, 0.3) is 0 Å². The van der Waals surface area contributed by atoms with E-state index in [4.69, 9.17) is 4.74 Å². The van der Waals surface area contributed by atoms with Crippen LogP contribution < -0.4 is 15.4 Å². The van der Waals surface area contributed by atoms with Gasteiger partial charge in [0.25, 0.3) is 5.91 Å². The van der Waals surface area contributed by atoms with Gasteiger partial charge in [-0.2, -0.15) is 0 Å². The summed E-state index contributed by atoms with van der Waals surface area (Å²) in [6, 6.07) is 6.78. The van der Waals surface area contributed by atoms with Crippen LogP contribution in [0.3, 0.4) is 0 Å². The van der Waals surface area contributed by atoms with Gasteiger partial charge in [0.15, 0.2) is 0 Å². The number of hydrogen-bond donors (Lipinski definition) is 2. The smallest absolute Gasteiger partial charge is 0.322 e. The fourth-order valence-corrected chi connectivity index (χ4v) is 2.04. The second-order valence-electron chi connectivity index (χ2n) is 5.59. The minimum Gasteiger partial charge on any atom is -0.494 e. The van der Waals surface area contributed by atoms with Crippen LogP contribution in [-0.4, -0.2) is 18.5 Å². The van der Waals surface area contributed by atoms with Gasteiger partial charge in [-0.05, 0) is 37.0 Å². The molecule has 1 aliphatic rings. The van der Waals surface area contributed by atoms with E-state index in [0.29, 0.717) is 12.5 Å². The zero-order valence-corrected chi connectivity index (χ0v) is 12.0. The summed E-state index contributed by atoms with van der Waals surface area (Å²) in [6.45, 7) is 6.65. The first-order chi connectivity index (χ1) is 9.41. The molecule has 1 aromatic carbocycles. The Kier molecular flexibility index (Phi) is 3.97. The number of carbonyl (C=O) groups excluding carboxylic acids is 2. The quantitative estimate of drug-likeness (QED) is 0.810. The SMILES string of the molecule is CC(C)CCOc1ccc([C@]2(C)NC(=O)NC2=O)cc1. The lowest BCUT2D eigenvalue weighted by atomic mass is 9.92. The average Bonchev–Trinajstić information content (AvgIpc) is 2.64. The van der Waals surface area contributed by atoms with E-state index in [9.17, 15) is 9.59 Å². The van der Waals surface area contributed by atoms with Gasteiger partial charge in [0.05, 0.1) is 6.61 Å². The molecule has 1 atom stereocenters. The van der Waals surface area contributed by atoms with E-state index in [1.165, 1.54) is 0 Å². The van der Waals surface area contributed by atoms with E-state index in [0.717, 1.165) is 17.7 Å². The lowest BCUT2D eigenvalue weighted by Crippen LogP contribution is -2.40. The molecular weight excluding hydrogens is 256 g/mol. The van der Waals surface area contributed by atoms with Gasteiger partial charge in [0.1, 0.15) is 11.3 Å². The van der Waals surface area contributed by atoms with Crippen LogP contribution in [0.4, 0.5) is 4.79 Å². The molecule has 0 spiro atoms. The minimum absolute atomic E-state index is 0.337. The molecule has 20 heavy (non-hydrogen) atoms. The molecule has 5 heteroatoms. The summed E-state index contributed by atoms with van der Waals surface area (Å²) in [7, 11) is 0. The van der Waals surface area contributed by atoms with Gasteiger partial charge in [0.2, 0.25) is 0 Å². The predicted molar refractivity (Wildman–Crippen MR) is 75.4 cm³/mol. The molecule has 0 aliphatic carbocycles. The van der Waals surface area contributed by atoms with E-state index in [1.807, 2.05) is 12.1 Å². The molecule has 5 nitrogen and oxygen atoms in total. The Morgan fingerprint density at radius 1 is 1.20 bits per heavy atom. The molecule has 0 radical (unpaired) electrons. The van der Waals surface area contributed by atoms with E-state index >= 15 is 0 Å². The molecule has 0 unspecified atom stereocenters. The van der Waals surface area contributed by atoms with Gasteiger partial charge in [-0.25, -0.2) is 4.79 Å². The van der Waals surface area contributed by atoms with Gasteiger partial charge >= 0.3 is 6.03 Å².